The SMILES string of the molecule is C=CCNS(=O)(=O)c1cc(C(=O)N[C@@H](C)c2ccc(CC)cc2)ccc1F. The Morgan fingerprint density at radius 2 is 1.89 bits per heavy atom. The zero-order chi connectivity index (χ0) is 20.0. The number of aryl methyl sites for hydroxylation is 1. The molecule has 0 unspecified atom stereocenters. The van der Waals surface area contributed by atoms with Crippen LogP contribution in [-0.4, -0.2) is 20.9 Å². The molecule has 0 saturated carbocycles. The van der Waals surface area contributed by atoms with Crippen LogP contribution in [0.2, 0.25) is 0 Å². The van der Waals surface area contributed by atoms with E-state index < -0.39 is 26.6 Å². The van der Waals surface area contributed by atoms with Crippen LogP contribution in [0.25, 0.3) is 0 Å². The molecule has 0 heterocycles. The normalized spacial score (nSPS) is 12.4. The number of carbonyl (C=O) groups is 1. The molecule has 0 aromatic heterocycles. The fourth-order valence-corrected chi connectivity index (χ4v) is 3.60. The van der Waals surface area contributed by atoms with E-state index in [2.05, 4.69) is 23.5 Å². The number of hydrogen-bond donors (Lipinski definition) is 2. The molecule has 0 aliphatic heterocycles. The Labute approximate surface area is 159 Å². The summed E-state index contributed by atoms with van der Waals surface area (Å²) in [6.45, 7) is 7.26. The molecule has 1 amide bonds. The highest BCUT2D eigenvalue weighted by atomic mass is 32.2. The maximum Gasteiger partial charge on any atom is 0.251 e. The van der Waals surface area contributed by atoms with Gasteiger partial charge < -0.3 is 5.32 Å². The van der Waals surface area contributed by atoms with E-state index in [1.165, 1.54) is 17.7 Å². The molecule has 5 nitrogen and oxygen atoms in total. The van der Waals surface area contributed by atoms with Crippen LogP contribution < -0.4 is 10.0 Å². The van der Waals surface area contributed by atoms with Crippen molar-refractivity contribution in [3.8, 4) is 0 Å². The van der Waals surface area contributed by atoms with Crippen molar-refractivity contribution in [3.63, 3.8) is 0 Å². The van der Waals surface area contributed by atoms with Gasteiger partial charge in [0.05, 0.1) is 6.04 Å². The molecule has 2 rings (SSSR count). The first-order valence-electron chi connectivity index (χ1n) is 8.58. The van der Waals surface area contributed by atoms with Gasteiger partial charge in [0.2, 0.25) is 10.0 Å². The van der Waals surface area contributed by atoms with Crippen LogP contribution in [0.3, 0.4) is 0 Å². The highest BCUT2D eigenvalue weighted by Crippen LogP contribution is 2.18. The summed E-state index contributed by atoms with van der Waals surface area (Å²) < 4.78 is 40.5. The van der Waals surface area contributed by atoms with Crippen LogP contribution >= 0.6 is 0 Å². The molecule has 0 radical (unpaired) electrons. The lowest BCUT2D eigenvalue weighted by atomic mass is 10.0. The van der Waals surface area contributed by atoms with Gasteiger partial charge in [0.1, 0.15) is 10.7 Å². The summed E-state index contributed by atoms with van der Waals surface area (Å²) in [7, 11) is -4.07. The molecule has 27 heavy (non-hydrogen) atoms. The van der Waals surface area contributed by atoms with E-state index in [0.717, 1.165) is 24.1 Å². The highest BCUT2D eigenvalue weighted by Gasteiger charge is 2.21. The molecular weight excluding hydrogens is 367 g/mol. The van der Waals surface area contributed by atoms with Crippen LogP contribution in [0.4, 0.5) is 4.39 Å². The maximum absolute atomic E-state index is 14.0. The van der Waals surface area contributed by atoms with Gasteiger partial charge in [-0.1, -0.05) is 37.3 Å². The minimum absolute atomic E-state index is 0.0387. The van der Waals surface area contributed by atoms with Crippen LogP contribution in [0.1, 0.15) is 41.4 Å². The summed E-state index contributed by atoms with van der Waals surface area (Å²) in [6, 6.07) is 10.8. The molecule has 0 bridgehead atoms. The first-order chi connectivity index (χ1) is 12.8. The first kappa shape index (κ1) is 20.8. The van der Waals surface area contributed by atoms with Gasteiger partial charge in [0.25, 0.3) is 5.91 Å². The van der Waals surface area contributed by atoms with Gasteiger partial charge in [0.15, 0.2) is 0 Å². The van der Waals surface area contributed by atoms with Crippen LogP contribution in [-0.2, 0) is 16.4 Å². The summed E-state index contributed by atoms with van der Waals surface area (Å²) in [5.41, 5.74) is 2.17. The van der Waals surface area contributed by atoms with Gasteiger partial charge in [-0.05, 0) is 42.7 Å². The third-order valence-corrected chi connectivity index (χ3v) is 5.57. The van der Waals surface area contributed by atoms with Gasteiger partial charge in [-0.3, -0.25) is 4.79 Å². The van der Waals surface area contributed by atoms with Crippen LogP contribution in [0.5, 0.6) is 0 Å². The van der Waals surface area contributed by atoms with Crippen molar-refractivity contribution in [2.24, 2.45) is 0 Å². The Kier molecular flexibility index (Phi) is 6.87. The zero-order valence-electron chi connectivity index (χ0n) is 15.3. The number of benzene rings is 2. The molecule has 0 aliphatic carbocycles. The maximum atomic E-state index is 14.0. The Hall–Kier alpha value is -2.51. The van der Waals surface area contributed by atoms with E-state index in [1.807, 2.05) is 31.2 Å². The molecule has 7 heteroatoms. The molecule has 0 fully saturated rings. The van der Waals surface area contributed by atoms with Crippen molar-refractivity contribution in [1.82, 2.24) is 10.0 Å². The molecule has 0 aliphatic rings. The van der Waals surface area contributed by atoms with Gasteiger partial charge in [-0.15, -0.1) is 6.58 Å². The predicted octanol–water partition coefficient (Wildman–Crippen LogP) is 3.34. The van der Waals surface area contributed by atoms with E-state index in [9.17, 15) is 17.6 Å². The molecule has 2 N–H and O–H groups in total. The molecular formula is C20H23FN2O3S. The first-order valence-corrected chi connectivity index (χ1v) is 10.1. The van der Waals surface area contributed by atoms with Crippen LogP contribution in [0, 0.1) is 5.82 Å². The topological polar surface area (TPSA) is 75.3 Å². The smallest absolute Gasteiger partial charge is 0.251 e. The molecule has 0 saturated heterocycles. The zero-order valence-corrected chi connectivity index (χ0v) is 16.1. The van der Waals surface area contributed by atoms with Crippen molar-refractivity contribution in [2.45, 2.75) is 31.2 Å². The number of hydrogen-bond acceptors (Lipinski definition) is 3. The minimum atomic E-state index is -4.07. The monoisotopic (exact) mass is 390 g/mol. The summed E-state index contributed by atoms with van der Waals surface area (Å²) in [5, 5.41) is 2.80. The number of sulfonamides is 1. The number of carbonyl (C=O) groups excluding carboxylic acids is 1. The largest absolute Gasteiger partial charge is 0.346 e. The van der Waals surface area contributed by atoms with Gasteiger partial charge in [-0.2, -0.15) is 0 Å². The Balaban J connectivity index is 2.20. The van der Waals surface area contributed by atoms with Gasteiger partial charge in [-0.25, -0.2) is 17.5 Å². The van der Waals surface area contributed by atoms with Crippen molar-refractivity contribution < 1.29 is 17.6 Å². The summed E-state index contributed by atoms with van der Waals surface area (Å²) in [6.07, 6.45) is 2.27. The highest BCUT2D eigenvalue weighted by molar-refractivity contribution is 7.89. The summed E-state index contributed by atoms with van der Waals surface area (Å²) >= 11 is 0. The Morgan fingerprint density at radius 1 is 1.22 bits per heavy atom. The Bertz CT molecular complexity index is 925. The van der Waals surface area contributed by atoms with Gasteiger partial charge in [0, 0.05) is 12.1 Å². The third-order valence-electron chi connectivity index (χ3n) is 4.14. The van der Waals surface area contributed by atoms with Crippen molar-refractivity contribution in [3.05, 3.63) is 77.6 Å². The van der Waals surface area contributed by atoms with E-state index in [1.54, 1.807) is 0 Å². The van der Waals surface area contributed by atoms with E-state index >= 15 is 0 Å². The molecule has 0 spiro atoms. The quantitative estimate of drug-likeness (QED) is 0.679. The van der Waals surface area contributed by atoms with Crippen molar-refractivity contribution in [1.29, 1.82) is 0 Å². The molecule has 2 aromatic rings. The number of nitrogens with one attached hydrogen (secondary N) is 2. The number of rotatable bonds is 8. The third kappa shape index (κ3) is 5.24. The second-order valence-electron chi connectivity index (χ2n) is 6.08. The van der Waals surface area contributed by atoms with E-state index in [0.29, 0.717) is 0 Å². The van der Waals surface area contributed by atoms with Crippen LogP contribution in [0.15, 0.2) is 60.0 Å². The fraction of sp³-hybridized carbons (Fsp3) is 0.250. The lowest BCUT2D eigenvalue weighted by Crippen LogP contribution is -2.28. The van der Waals surface area contributed by atoms with Gasteiger partial charge >= 0.3 is 0 Å². The molecule has 1 atom stereocenters. The van der Waals surface area contributed by atoms with E-state index in [-0.39, 0.29) is 18.2 Å². The molecule has 2 aromatic carbocycles. The Morgan fingerprint density at radius 3 is 2.48 bits per heavy atom. The number of halogens is 1. The lowest BCUT2D eigenvalue weighted by Gasteiger charge is -2.15. The second kappa shape index (κ2) is 8.92. The number of amides is 1. The van der Waals surface area contributed by atoms with Crippen molar-refractivity contribution in [2.75, 3.05) is 6.54 Å². The average molecular weight is 390 g/mol. The average Bonchev–Trinajstić information content (AvgIpc) is 2.66. The predicted molar refractivity (Wildman–Crippen MR) is 103 cm³/mol. The minimum Gasteiger partial charge on any atom is -0.346 e. The summed E-state index contributed by atoms with van der Waals surface area (Å²) in [4.78, 5) is 11.9. The fourth-order valence-electron chi connectivity index (χ4n) is 2.50. The molecule has 144 valence electrons. The van der Waals surface area contributed by atoms with E-state index in [4.69, 9.17) is 0 Å². The summed E-state index contributed by atoms with van der Waals surface area (Å²) in [5.74, 6) is -1.41. The standard InChI is InChI=1S/C20H23FN2O3S/c1-4-12-22-27(25,26)19-13-17(10-11-18(19)21)20(24)23-14(3)16-8-6-15(5-2)7-9-16/h4,6-11,13-14,22H,1,5,12H2,2-3H3,(H,23,24)/t14-/m0/s1. The van der Waals surface area contributed by atoms with Crippen molar-refractivity contribution >= 4 is 15.9 Å². The second-order valence-corrected chi connectivity index (χ2v) is 7.81. The lowest BCUT2D eigenvalue weighted by molar-refractivity contribution is 0.0939.